The second kappa shape index (κ2) is 12.5. The Bertz CT molecular complexity index is 1150. The summed E-state index contributed by atoms with van der Waals surface area (Å²) in [5.74, 6) is -0.895. The van der Waals surface area contributed by atoms with Crippen LogP contribution in [0.25, 0.3) is 0 Å². The van der Waals surface area contributed by atoms with Gasteiger partial charge in [-0.3, -0.25) is 14.4 Å². The van der Waals surface area contributed by atoms with Crippen molar-refractivity contribution in [3.63, 3.8) is 0 Å². The summed E-state index contributed by atoms with van der Waals surface area (Å²) >= 11 is 0. The Labute approximate surface area is 249 Å². The van der Waals surface area contributed by atoms with Gasteiger partial charge in [-0.05, 0) is 101 Å². The van der Waals surface area contributed by atoms with Crippen molar-refractivity contribution < 1.29 is 34.2 Å². The molecule has 42 heavy (non-hydrogen) atoms. The molecule has 0 bridgehead atoms. The summed E-state index contributed by atoms with van der Waals surface area (Å²) in [5.41, 5.74) is 0.662. The summed E-state index contributed by atoms with van der Waals surface area (Å²) in [6.45, 7) is 9.14. The van der Waals surface area contributed by atoms with Gasteiger partial charge in [0.05, 0.1) is 5.71 Å². The second-order valence-electron chi connectivity index (χ2n) is 13.6. The second-order valence-corrected chi connectivity index (χ2v) is 13.6. The number of carboxylic acids is 1. The van der Waals surface area contributed by atoms with Gasteiger partial charge in [-0.15, -0.1) is 0 Å². The smallest absolute Gasteiger partial charge is 0.326 e. The zero-order valence-electron chi connectivity index (χ0n) is 25.8. The number of amides is 2. The molecular weight excluding hydrogens is 538 g/mol. The van der Waals surface area contributed by atoms with Gasteiger partial charge in [0.2, 0.25) is 5.91 Å². The SMILES string of the molecule is CCCC[C@H](NC(=O)[C@H](C)NC(=O)CO/N=C1/C=C2CC[C@H]3[C@@H](CC[C@@]4(C)[C@H]3CC[C@]4(O)C(C)=O)[C@@]2(C)CC1)C(=O)O. The van der Waals surface area contributed by atoms with Gasteiger partial charge in [-0.1, -0.05) is 44.3 Å². The number of aliphatic hydroxyl groups is 1. The van der Waals surface area contributed by atoms with Crippen LogP contribution in [0.15, 0.2) is 16.8 Å². The van der Waals surface area contributed by atoms with Crippen LogP contribution in [0.4, 0.5) is 0 Å². The van der Waals surface area contributed by atoms with E-state index in [1.165, 1.54) is 12.5 Å². The highest BCUT2D eigenvalue weighted by Crippen LogP contribution is 2.67. The molecule has 0 radical (unpaired) electrons. The van der Waals surface area contributed by atoms with Crippen LogP contribution >= 0.6 is 0 Å². The third kappa shape index (κ3) is 5.88. The molecule has 0 spiro atoms. The zero-order chi connectivity index (χ0) is 30.9. The minimum atomic E-state index is -1.20. The number of carboxylic acid groups (broad SMARTS) is 1. The highest BCUT2D eigenvalue weighted by Gasteiger charge is 2.65. The molecule has 10 heteroatoms. The van der Waals surface area contributed by atoms with Gasteiger partial charge < -0.3 is 25.7 Å². The molecule has 234 valence electrons. The quantitative estimate of drug-likeness (QED) is 0.267. The van der Waals surface area contributed by atoms with Crippen molar-refractivity contribution in [2.45, 2.75) is 123 Å². The van der Waals surface area contributed by atoms with Gasteiger partial charge in [0.25, 0.3) is 5.91 Å². The number of unbranched alkanes of at least 4 members (excludes halogenated alkanes) is 1. The molecule has 0 heterocycles. The third-order valence-electron chi connectivity index (χ3n) is 11.3. The molecular formula is C32H49N3O7. The number of allylic oxidation sites excluding steroid dienone is 2. The number of nitrogens with one attached hydrogen (secondary N) is 2. The number of ketones is 1. The van der Waals surface area contributed by atoms with Crippen molar-refractivity contribution >= 4 is 29.3 Å². The van der Waals surface area contributed by atoms with E-state index >= 15 is 0 Å². The lowest BCUT2D eigenvalue weighted by atomic mass is 9.46. The first kappa shape index (κ1) is 32.2. The van der Waals surface area contributed by atoms with Crippen LogP contribution in [-0.2, 0) is 24.0 Å². The Morgan fingerprint density at radius 2 is 1.79 bits per heavy atom. The number of Topliss-reactive ketones (excluding diaryl/α,β-unsaturated/α-hetero) is 1. The standard InChI is InChI=1S/C32H49N3O7/c1-6-7-8-26(29(39)40)34-28(38)19(2)33-27(37)18-42-35-22-11-14-30(4)21(17-22)9-10-23-24(30)12-15-31(5)25(23)13-16-32(31,41)20(3)36/h17,19,23-26,41H,6-16,18H2,1-5H3,(H,33,37)(H,34,38)(H,39,40)/b35-22+/t19-,23-,24+,25-,26-,30-,31-,32-/m0/s1. The van der Waals surface area contributed by atoms with Gasteiger partial charge >= 0.3 is 5.97 Å². The van der Waals surface area contributed by atoms with Crippen LogP contribution < -0.4 is 10.6 Å². The van der Waals surface area contributed by atoms with Crippen molar-refractivity contribution in [2.75, 3.05) is 6.61 Å². The fourth-order valence-electron chi connectivity index (χ4n) is 8.72. The van der Waals surface area contributed by atoms with E-state index in [2.05, 4.69) is 35.7 Å². The van der Waals surface area contributed by atoms with Crippen LogP contribution in [0.2, 0.25) is 0 Å². The van der Waals surface area contributed by atoms with Crippen LogP contribution in [0.5, 0.6) is 0 Å². The van der Waals surface area contributed by atoms with Crippen LogP contribution in [0.1, 0.15) is 105 Å². The zero-order valence-corrected chi connectivity index (χ0v) is 25.8. The Kier molecular flexibility index (Phi) is 9.55. The topological polar surface area (TPSA) is 154 Å². The minimum Gasteiger partial charge on any atom is -0.480 e. The number of nitrogens with zero attached hydrogens (tertiary/aromatic N) is 1. The number of rotatable bonds is 11. The van der Waals surface area contributed by atoms with Gasteiger partial charge in [-0.2, -0.15) is 0 Å². The van der Waals surface area contributed by atoms with Gasteiger partial charge in [-0.25, -0.2) is 4.79 Å². The van der Waals surface area contributed by atoms with E-state index in [4.69, 9.17) is 4.84 Å². The van der Waals surface area contributed by atoms with Gasteiger partial charge in [0.1, 0.15) is 17.7 Å². The fraction of sp³-hybridized carbons (Fsp3) is 0.781. The summed E-state index contributed by atoms with van der Waals surface area (Å²) in [4.78, 5) is 54.0. The molecule has 4 aliphatic rings. The predicted molar refractivity (Wildman–Crippen MR) is 157 cm³/mol. The van der Waals surface area contributed by atoms with Crippen LogP contribution in [0.3, 0.4) is 0 Å². The number of hydrogen-bond acceptors (Lipinski definition) is 7. The maximum atomic E-state index is 12.5. The molecule has 0 aromatic heterocycles. The molecule has 4 aliphatic carbocycles. The maximum absolute atomic E-state index is 12.5. The first-order valence-electron chi connectivity index (χ1n) is 15.7. The predicted octanol–water partition coefficient (Wildman–Crippen LogP) is 3.91. The van der Waals surface area contributed by atoms with Gasteiger partial charge in [0.15, 0.2) is 12.4 Å². The summed E-state index contributed by atoms with van der Waals surface area (Å²) in [7, 11) is 0. The molecule has 4 rings (SSSR count). The summed E-state index contributed by atoms with van der Waals surface area (Å²) in [5, 5.41) is 29.9. The molecule has 0 unspecified atom stereocenters. The van der Waals surface area contributed by atoms with E-state index in [1.54, 1.807) is 6.92 Å². The van der Waals surface area contributed by atoms with Crippen molar-refractivity contribution in [3.8, 4) is 0 Å². The molecule has 0 aliphatic heterocycles. The molecule has 0 aromatic rings. The number of fused-ring (bicyclic) bond motifs is 5. The number of carbonyl (C=O) groups is 4. The minimum absolute atomic E-state index is 0.0469. The van der Waals surface area contributed by atoms with E-state index in [1.807, 2.05) is 6.92 Å². The fourth-order valence-corrected chi connectivity index (χ4v) is 8.72. The monoisotopic (exact) mass is 587 g/mol. The first-order valence-corrected chi connectivity index (χ1v) is 15.7. The third-order valence-corrected chi connectivity index (χ3v) is 11.3. The van der Waals surface area contributed by atoms with Gasteiger partial charge in [0, 0.05) is 5.41 Å². The molecule has 4 N–H and O–H groups in total. The first-order chi connectivity index (χ1) is 19.8. The molecule has 2 amide bonds. The Morgan fingerprint density at radius 1 is 1.07 bits per heavy atom. The molecule has 0 aromatic carbocycles. The average molecular weight is 588 g/mol. The summed E-state index contributed by atoms with van der Waals surface area (Å²) in [6, 6.07) is -1.90. The summed E-state index contributed by atoms with van der Waals surface area (Å²) < 4.78 is 0. The summed E-state index contributed by atoms with van der Waals surface area (Å²) in [6.07, 6.45) is 11.0. The largest absolute Gasteiger partial charge is 0.480 e. The van der Waals surface area contributed by atoms with E-state index in [9.17, 15) is 29.4 Å². The van der Waals surface area contributed by atoms with Crippen molar-refractivity contribution in [1.29, 1.82) is 0 Å². The van der Waals surface area contributed by atoms with Crippen LogP contribution in [0, 0.1) is 28.6 Å². The van der Waals surface area contributed by atoms with E-state index in [-0.39, 0.29) is 23.2 Å². The van der Waals surface area contributed by atoms with Crippen molar-refractivity contribution in [1.82, 2.24) is 10.6 Å². The lowest BCUT2D eigenvalue weighted by Crippen LogP contribution is -2.57. The van der Waals surface area contributed by atoms with Crippen molar-refractivity contribution in [2.24, 2.45) is 33.7 Å². The maximum Gasteiger partial charge on any atom is 0.326 e. The number of carbonyl (C=O) groups excluding carboxylic acids is 3. The number of hydrogen-bond donors (Lipinski definition) is 4. The van der Waals surface area contributed by atoms with E-state index in [0.29, 0.717) is 37.0 Å². The normalized spacial score (nSPS) is 36.0. The van der Waals surface area contributed by atoms with Crippen LogP contribution in [-0.4, -0.2) is 63.8 Å². The highest BCUT2D eigenvalue weighted by atomic mass is 16.6. The molecule has 8 atom stereocenters. The molecule has 0 saturated heterocycles. The molecule has 3 fully saturated rings. The number of aliphatic carboxylic acids is 1. The lowest BCUT2D eigenvalue weighted by molar-refractivity contribution is -0.159. The average Bonchev–Trinajstić information content (AvgIpc) is 3.22. The molecule has 3 saturated carbocycles. The lowest BCUT2D eigenvalue weighted by Gasteiger charge is -2.59. The Balaban J connectivity index is 1.32. The Hall–Kier alpha value is -2.75. The van der Waals surface area contributed by atoms with Crippen molar-refractivity contribution in [3.05, 3.63) is 11.6 Å². The van der Waals surface area contributed by atoms with E-state index in [0.717, 1.165) is 57.1 Å². The number of oxime groups is 1. The molecule has 10 nitrogen and oxygen atoms in total. The van der Waals surface area contributed by atoms with E-state index < -0.39 is 35.5 Å². The highest BCUT2D eigenvalue weighted by molar-refractivity contribution is 5.96. The Morgan fingerprint density at radius 3 is 2.45 bits per heavy atom.